The number of hydrogen-bond acceptors (Lipinski definition) is 4. The molecule has 0 saturated carbocycles. The van der Waals surface area contributed by atoms with Crippen molar-refractivity contribution in [3.8, 4) is 0 Å². The van der Waals surface area contributed by atoms with Gasteiger partial charge in [0.25, 0.3) is 0 Å². The van der Waals surface area contributed by atoms with Crippen LogP contribution in [0.4, 0.5) is 0 Å². The Balaban J connectivity index is 2.46. The van der Waals surface area contributed by atoms with Gasteiger partial charge in [-0.05, 0) is 24.1 Å². The van der Waals surface area contributed by atoms with E-state index in [1.807, 2.05) is 13.0 Å². The fourth-order valence-electron chi connectivity index (χ4n) is 1.50. The van der Waals surface area contributed by atoms with Crippen LogP contribution in [0.15, 0.2) is 18.5 Å². The van der Waals surface area contributed by atoms with Gasteiger partial charge in [0.05, 0.1) is 0 Å². The molecule has 1 atom stereocenters. The van der Waals surface area contributed by atoms with Crippen LogP contribution in [0.5, 0.6) is 0 Å². The molecule has 18 heavy (non-hydrogen) atoms. The standard InChI is InChI=1S/C12H17N3O3/c1-8-5-13-4-3-10(8)6-14-7-11(12(17)18)15-9(2)16/h3-5,11,14H,6-7H2,1-2H3,(H,15,16)(H,17,18). The fourth-order valence-corrected chi connectivity index (χ4v) is 1.50. The molecule has 0 fully saturated rings. The molecule has 1 unspecified atom stereocenters. The highest BCUT2D eigenvalue weighted by Gasteiger charge is 2.17. The normalized spacial score (nSPS) is 11.9. The minimum atomic E-state index is -1.05. The van der Waals surface area contributed by atoms with Gasteiger partial charge in [0.15, 0.2) is 0 Å². The number of amides is 1. The Morgan fingerprint density at radius 2 is 2.22 bits per heavy atom. The van der Waals surface area contributed by atoms with Crippen molar-refractivity contribution in [2.45, 2.75) is 26.4 Å². The molecule has 0 saturated heterocycles. The largest absolute Gasteiger partial charge is 0.480 e. The number of aliphatic carboxylic acids is 1. The van der Waals surface area contributed by atoms with E-state index in [9.17, 15) is 9.59 Å². The van der Waals surface area contributed by atoms with Crippen molar-refractivity contribution in [3.05, 3.63) is 29.6 Å². The first-order valence-corrected chi connectivity index (χ1v) is 5.61. The molecule has 0 radical (unpaired) electrons. The Hall–Kier alpha value is -1.95. The Morgan fingerprint density at radius 1 is 1.50 bits per heavy atom. The minimum Gasteiger partial charge on any atom is -0.480 e. The number of carbonyl (C=O) groups is 2. The molecule has 1 amide bonds. The number of aromatic nitrogens is 1. The summed E-state index contributed by atoms with van der Waals surface area (Å²) in [4.78, 5) is 25.7. The van der Waals surface area contributed by atoms with E-state index in [0.717, 1.165) is 11.1 Å². The highest BCUT2D eigenvalue weighted by molar-refractivity contribution is 5.82. The van der Waals surface area contributed by atoms with Crippen LogP contribution in [0.3, 0.4) is 0 Å². The average Bonchev–Trinajstić information content (AvgIpc) is 2.29. The molecule has 0 aliphatic heterocycles. The number of carboxylic acid groups (broad SMARTS) is 1. The SMILES string of the molecule is CC(=O)NC(CNCc1ccncc1C)C(=O)O. The summed E-state index contributed by atoms with van der Waals surface area (Å²) in [5.74, 6) is -1.41. The first-order chi connectivity index (χ1) is 8.50. The molecule has 6 nitrogen and oxygen atoms in total. The lowest BCUT2D eigenvalue weighted by molar-refractivity contribution is -0.141. The number of carbonyl (C=O) groups excluding carboxylic acids is 1. The van der Waals surface area contributed by atoms with Gasteiger partial charge in [0, 0.05) is 32.4 Å². The summed E-state index contributed by atoms with van der Waals surface area (Å²) >= 11 is 0. The van der Waals surface area contributed by atoms with Gasteiger partial charge >= 0.3 is 5.97 Å². The Morgan fingerprint density at radius 3 is 2.78 bits per heavy atom. The summed E-state index contributed by atoms with van der Waals surface area (Å²) in [6.07, 6.45) is 3.44. The molecule has 1 aromatic rings. The zero-order valence-electron chi connectivity index (χ0n) is 10.4. The van der Waals surface area contributed by atoms with E-state index in [0.29, 0.717) is 6.54 Å². The quantitative estimate of drug-likeness (QED) is 0.665. The monoisotopic (exact) mass is 251 g/mol. The van der Waals surface area contributed by atoms with Crippen molar-refractivity contribution in [2.75, 3.05) is 6.54 Å². The van der Waals surface area contributed by atoms with Crippen molar-refractivity contribution in [1.82, 2.24) is 15.6 Å². The molecule has 3 N–H and O–H groups in total. The molecule has 1 rings (SSSR count). The summed E-state index contributed by atoms with van der Waals surface area (Å²) < 4.78 is 0. The van der Waals surface area contributed by atoms with Gasteiger partial charge in [-0.1, -0.05) is 0 Å². The van der Waals surface area contributed by atoms with E-state index in [-0.39, 0.29) is 12.5 Å². The van der Waals surface area contributed by atoms with Gasteiger partial charge in [-0.25, -0.2) is 4.79 Å². The summed E-state index contributed by atoms with van der Waals surface area (Å²) in [6.45, 7) is 3.95. The molecule has 0 aliphatic carbocycles. The first kappa shape index (κ1) is 14.1. The zero-order valence-corrected chi connectivity index (χ0v) is 10.4. The van der Waals surface area contributed by atoms with Crippen LogP contribution in [-0.2, 0) is 16.1 Å². The summed E-state index contributed by atoms with van der Waals surface area (Å²) in [6, 6.07) is 0.959. The summed E-state index contributed by atoms with van der Waals surface area (Å²) in [5.41, 5.74) is 2.09. The molecule has 6 heteroatoms. The first-order valence-electron chi connectivity index (χ1n) is 5.61. The predicted molar refractivity (Wildman–Crippen MR) is 65.9 cm³/mol. The van der Waals surface area contributed by atoms with E-state index in [2.05, 4.69) is 15.6 Å². The number of carboxylic acids is 1. The molecule has 0 aliphatic rings. The van der Waals surface area contributed by atoms with Gasteiger partial charge in [0.2, 0.25) is 5.91 Å². The molecular weight excluding hydrogens is 234 g/mol. The summed E-state index contributed by atoms with van der Waals surface area (Å²) in [5, 5.41) is 14.3. The summed E-state index contributed by atoms with van der Waals surface area (Å²) in [7, 11) is 0. The third-order valence-electron chi connectivity index (χ3n) is 2.48. The Kier molecular flexibility index (Phi) is 5.26. The molecule has 1 aromatic heterocycles. The van der Waals surface area contributed by atoms with Gasteiger partial charge < -0.3 is 15.7 Å². The fraction of sp³-hybridized carbons (Fsp3) is 0.417. The number of pyridine rings is 1. The third-order valence-corrected chi connectivity index (χ3v) is 2.48. The zero-order chi connectivity index (χ0) is 13.5. The second-order valence-corrected chi connectivity index (χ2v) is 4.02. The number of aryl methyl sites for hydroxylation is 1. The highest BCUT2D eigenvalue weighted by atomic mass is 16.4. The van der Waals surface area contributed by atoms with Gasteiger partial charge in [0.1, 0.15) is 6.04 Å². The lowest BCUT2D eigenvalue weighted by Gasteiger charge is -2.14. The average molecular weight is 251 g/mol. The van der Waals surface area contributed by atoms with Crippen LogP contribution in [0.1, 0.15) is 18.1 Å². The number of nitrogens with one attached hydrogen (secondary N) is 2. The molecule has 0 bridgehead atoms. The number of rotatable bonds is 6. The predicted octanol–water partition coefficient (Wildman–Crippen LogP) is 0.0689. The van der Waals surface area contributed by atoms with Gasteiger partial charge in [-0.15, -0.1) is 0 Å². The van der Waals surface area contributed by atoms with Gasteiger partial charge in [-0.2, -0.15) is 0 Å². The smallest absolute Gasteiger partial charge is 0.327 e. The second kappa shape index (κ2) is 6.70. The number of nitrogens with zero attached hydrogens (tertiary/aromatic N) is 1. The van der Waals surface area contributed by atoms with Crippen LogP contribution >= 0.6 is 0 Å². The lowest BCUT2D eigenvalue weighted by atomic mass is 10.1. The van der Waals surface area contributed by atoms with E-state index >= 15 is 0 Å². The topological polar surface area (TPSA) is 91.3 Å². The molecule has 0 spiro atoms. The van der Waals surface area contributed by atoms with E-state index in [1.54, 1.807) is 12.4 Å². The number of hydrogen-bond donors (Lipinski definition) is 3. The van der Waals surface area contributed by atoms with Crippen molar-refractivity contribution in [3.63, 3.8) is 0 Å². The maximum absolute atomic E-state index is 10.9. The molecular formula is C12H17N3O3. The van der Waals surface area contributed by atoms with Crippen molar-refractivity contribution in [1.29, 1.82) is 0 Å². The molecule has 98 valence electrons. The van der Waals surface area contributed by atoms with Crippen molar-refractivity contribution in [2.24, 2.45) is 0 Å². The van der Waals surface area contributed by atoms with E-state index < -0.39 is 12.0 Å². The van der Waals surface area contributed by atoms with Crippen molar-refractivity contribution >= 4 is 11.9 Å². The third kappa shape index (κ3) is 4.50. The second-order valence-electron chi connectivity index (χ2n) is 4.02. The lowest BCUT2D eigenvalue weighted by Crippen LogP contribution is -2.46. The molecule has 1 heterocycles. The molecule has 0 aromatic carbocycles. The van der Waals surface area contributed by atoms with Crippen LogP contribution in [0, 0.1) is 6.92 Å². The maximum Gasteiger partial charge on any atom is 0.327 e. The van der Waals surface area contributed by atoms with Gasteiger partial charge in [-0.3, -0.25) is 9.78 Å². The van der Waals surface area contributed by atoms with Crippen molar-refractivity contribution < 1.29 is 14.7 Å². The van der Waals surface area contributed by atoms with Crippen LogP contribution < -0.4 is 10.6 Å². The Labute approximate surface area is 105 Å². The van der Waals surface area contributed by atoms with Crippen LogP contribution in [0.2, 0.25) is 0 Å². The highest BCUT2D eigenvalue weighted by Crippen LogP contribution is 2.03. The van der Waals surface area contributed by atoms with E-state index in [1.165, 1.54) is 6.92 Å². The van der Waals surface area contributed by atoms with Crippen LogP contribution in [0.25, 0.3) is 0 Å². The van der Waals surface area contributed by atoms with E-state index in [4.69, 9.17) is 5.11 Å². The Bertz CT molecular complexity index is 434. The minimum absolute atomic E-state index is 0.177. The maximum atomic E-state index is 10.9. The van der Waals surface area contributed by atoms with Crippen LogP contribution in [-0.4, -0.2) is 34.6 Å².